The Labute approximate surface area is 150 Å². The van der Waals surface area contributed by atoms with E-state index in [1.807, 2.05) is 24.4 Å². The highest BCUT2D eigenvalue weighted by Gasteiger charge is 2.23. The normalized spacial score (nSPS) is 13.9. The summed E-state index contributed by atoms with van der Waals surface area (Å²) in [6.45, 7) is 1.77. The average molecular weight is 353 g/mol. The van der Waals surface area contributed by atoms with Crippen LogP contribution in [0.3, 0.4) is 0 Å². The van der Waals surface area contributed by atoms with Crippen molar-refractivity contribution in [2.75, 3.05) is 13.1 Å². The molecule has 134 valence electrons. The Morgan fingerprint density at radius 2 is 1.65 bits per heavy atom. The van der Waals surface area contributed by atoms with Crippen molar-refractivity contribution in [1.29, 1.82) is 0 Å². The largest absolute Gasteiger partial charge is 0.478 e. The number of pyridine rings is 1. The van der Waals surface area contributed by atoms with Gasteiger partial charge in [-0.25, -0.2) is 9.59 Å². The molecule has 7 nitrogen and oxygen atoms in total. The number of carboxylic acid groups (broad SMARTS) is 2. The van der Waals surface area contributed by atoms with Gasteiger partial charge in [0.05, 0.1) is 18.2 Å². The van der Waals surface area contributed by atoms with Crippen LogP contribution in [0.25, 0.3) is 0 Å². The van der Waals surface area contributed by atoms with Gasteiger partial charge in [0.1, 0.15) is 5.84 Å². The number of amidine groups is 1. The van der Waals surface area contributed by atoms with Gasteiger partial charge in [0.2, 0.25) is 0 Å². The van der Waals surface area contributed by atoms with Crippen LogP contribution in [0.1, 0.15) is 17.2 Å². The molecule has 0 saturated carbocycles. The Morgan fingerprint density at radius 1 is 1.00 bits per heavy atom. The highest BCUT2D eigenvalue weighted by atomic mass is 16.4. The molecular formula is C19H19N3O4. The summed E-state index contributed by atoms with van der Waals surface area (Å²) in [4.78, 5) is 28.1. The molecule has 2 heterocycles. The summed E-state index contributed by atoms with van der Waals surface area (Å²) in [7, 11) is 0. The predicted molar refractivity (Wildman–Crippen MR) is 97.2 cm³/mol. The number of rotatable bonds is 5. The Hall–Kier alpha value is -3.48. The van der Waals surface area contributed by atoms with E-state index in [2.05, 4.69) is 45.6 Å². The standard InChI is InChI=1S/C15H15N3.C4H4O4/c1-2-6-12(7-3-1)14(15-17-10-11-18-15)13-8-4-5-9-16-13;5-3(6)1-2-4(7)8/h1-9,14H,10-11H2,(H,17,18);1-2H,(H,5,6)(H,7,8). The molecule has 0 saturated heterocycles. The van der Waals surface area contributed by atoms with Crippen LogP contribution in [-0.4, -0.2) is 46.1 Å². The molecule has 3 N–H and O–H groups in total. The van der Waals surface area contributed by atoms with Gasteiger partial charge in [0.15, 0.2) is 0 Å². The Bertz CT molecular complexity index is 733. The second-order valence-corrected chi connectivity index (χ2v) is 5.30. The Kier molecular flexibility index (Phi) is 7.05. The van der Waals surface area contributed by atoms with Crippen molar-refractivity contribution in [3.8, 4) is 0 Å². The molecule has 0 radical (unpaired) electrons. The number of nitrogens with one attached hydrogen (secondary N) is 1. The van der Waals surface area contributed by atoms with Crippen molar-refractivity contribution in [2.24, 2.45) is 4.99 Å². The lowest BCUT2D eigenvalue weighted by Crippen LogP contribution is -2.27. The first-order chi connectivity index (χ1) is 12.6. The van der Waals surface area contributed by atoms with Crippen molar-refractivity contribution >= 4 is 17.8 Å². The van der Waals surface area contributed by atoms with Crippen LogP contribution in [0, 0.1) is 0 Å². The minimum absolute atomic E-state index is 0.120. The number of aliphatic carboxylic acids is 2. The molecule has 3 rings (SSSR count). The zero-order chi connectivity index (χ0) is 18.8. The summed E-state index contributed by atoms with van der Waals surface area (Å²) >= 11 is 0. The van der Waals surface area contributed by atoms with Gasteiger partial charge < -0.3 is 15.5 Å². The molecule has 1 aromatic heterocycles. The molecule has 0 fully saturated rings. The maximum atomic E-state index is 9.55. The van der Waals surface area contributed by atoms with E-state index in [4.69, 9.17) is 10.2 Å². The van der Waals surface area contributed by atoms with E-state index in [0.29, 0.717) is 12.2 Å². The first kappa shape index (κ1) is 18.9. The van der Waals surface area contributed by atoms with Gasteiger partial charge in [-0.05, 0) is 17.7 Å². The minimum atomic E-state index is -1.26. The molecule has 0 spiro atoms. The van der Waals surface area contributed by atoms with E-state index >= 15 is 0 Å². The molecule has 2 aromatic rings. The molecule has 1 atom stereocenters. The first-order valence-electron chi connectivity index (χ1n) is 7.96. The van der Waals surface area contributed by atoms with E-state index in [-0.39, 0.29) is 5.92 Å². The third-order valence-corrected chi connectivity index (χ3v) is 3.46. The van der Waals surface area contributed by atoms with Crippen molar-refractivity contribution < 1.29 is 19.8 Å². The van der Waals surface area contributed by atoms with E-state index < -0.39 is 11.9 Å². The van der Waals surface area contributed by atoms with E-state index in [1.54, 1.807) is 0 Å². The van der Waals surface area contributed by atoms with Crippen LogP contribution in [0.2, 0.25) is 0 Å². The highest BCUT2D eigenvalue weighted by Crippen LogP contribution is 2.24. The zero-order valence-corrected chi connectivity index (χ0v) is 13.9. The maximum Gasteiger partial charge on any atom is 0.328 e. The molecule has 1 aliphatic rings. The minimum Gasteiger partial charge on any atom is -0.478 e. The van der Waals surface area contributed by atoms with Crippen LogP contribution >= 0.6 is 0 Å². The Morgan fingerprint density at radius 3 is 2.15 bits per heavy atom. The van der Waals surface area contributed by atoms with Crippen molar-refractivity contribution in [1.82, 2.24) is 10.3 Å². The third-order valence-electron chi connectivity index (χ3n) is 3.46. The summed E-state index contributed by atoms with van der Waals surface area (Å²) in [5, 5.41) is 19.0. The van der Waals surface area contributed by atoms with Crippen molar-refractivity contribution in [3.05, 3.63) is 78.1 Å². The highest BCUT2D eigenvalue weighted by molar-refractivity contribution is 5.92. The van der Waals surface area contributed by atoms with Gasteiger partial charge in [-0.15, -0.1) is 0 Å². The molecule has 7 heteroatoms. The molecular weight excluding hydrogens is 334 g/mol. The van der Waals surface area contributed by atoms with Gasteiger partial charge in [0.25, 0.3) is 0 Å². The fourth-order valence-electron chi connectivity index (χ4n) is 2.41. The molecule has 1 unspecified atom stereocenters. The van der Waals surface area contributed by atoms with Gasteiger partial charge in [-0.1, -0.05) is 36.4 Å². The summed E-state index contributed by atoms with van der Waals surface area (Å²) in [5.41, 5.74) is 2.27. The van der Waals surface area contributed by atoms with Gasteiger partial charge in [-0.2, -0.15) is 0 Å². The molecule has 0 bridgehead atoms. The zero-order valence-electron chi connectivity index (χ0n) is 13.9. The summed E-state index contributed by atoms with van der Waals surface area (Å²) in [6.07, 6.45) is 2.95. The van der Waals surface area contributed by atoms with E-state index in [1.165, 1.54) is 5.56 Å². The first-order valence-corrected chi connectivity index (χ1v) is 7.96. The van der Waals surface area contributed by atoms with E-state index in [0.717, 1.165) is 24.6 Å². The molecule has 26 heavy (non-hydrogen) atoms. The van der Waals surface area contributed by atoms with Crippen LogP contribution in [-0.2, 0) is 9.59 Å². The van der Waals surface area contributed by atoms with Gasteiger partial charge in [-0.3, -0.25) is 9.98 Å². The SMILES string of the molecule is O=C(O)C=CC(=O)O.c1ccc(C(C2=NCCN2)c2ccccn2)cc1. The topological polar surface area (TPSA) is 112 Å². The number of nitrogens with zero attached hydrogens (tertiary/aromatic N) is 2. The van der Waals surface area contributed by atoms with Crippen LogP contribution < -0.4 is 5.32 Å². The third kappa shape index (κ3) is 5.86. The average Bonchev–Trinajstić information content (AvgIpc) is 3.17. The smallest absolute Gasteiger partial charge is 0.328 e. The monoisotopic (exact) mass is 353 g/mol. The fraction of sp³-hybridized carbons (Fsp3) is 0.158. The predicted octanol–water partition coefficient (Wildman–Crippen LogP) is 1.93. The van der Waals surface area contributed by atoms with E-state index in [9.17, 15) is 9.59 Å². The lowest BCUT2D eigenvalue weighted by molar-refractivity contribution is -0.134. The van der Waals surface area contributed by atoms with Gasteiger partial charge in [0, 0.05) is 24.9 Å². The summed E-state index contributed by atoms with van der Waals surface area (Å²) in [5.74, 6) is -1.37. The molecule has 0 amide bonds. The number of aromatic nitrogens is 1. The molecule has 0 aliphatic carbocycles. The number of hydrogen-bond acceptors (Lipinski definition) is 5. The second-order valence-electron chi connectivity index (χ2n) is 5.30. The molecule has 1 aliphatic heterocycles. The maximum absolute atomic E-state index is 9.55. The summed E-state index contributed by atoms with van der Waals surface area (Å²) < 4.78 is 0. The number of aliphatic imine (C=N–C) groups is 1. The lowest BCUT2D eigenvalue weighted by atomic mass is 9.94. The Balaban J connectivity index is 0.000000260. The van der Waals surface area contributed by atoms with Crippen molar-refractivity contribution in [3.63, 3.8) is 0 Å². The number of hydrogen-bond donors (Lipinski definition) is 3. The lowest BCUT2D eigenvalue weighted by Gasteiger charge is -2.17. The number of carbonyl (C=O) groups is 2. The molecule has 1 aromatic carbocycles. The second kappa shape index (κ2) is 9.73. The summed E-state index contributed by atoms with van der Waals surface area (Å²) in [6, 6.07) is 16.4. The quantitative estimate of drug-likeness (QED) is 0.708. The fourth-order valence-corrected chi connectivity index (χ4v) is 2.41. The van der Waals surface area contributed by atoms with Gasteiger partial charge >= 0.3 is 11.9 Å². The number of carboxylic acids is 2. The van der Waals surface area contributed by atoms with Crippen LogP contribution in [0.5, 0.6) is 0 Å². The van der Waals surface area contributed by atoms with Crippen molar-refractivity contribution in [2.45, 2.75) is 5.92 Å². The van der Waals surface area contributed by atoms with Crippen LogP contribution in [0.15, 0.2) is 71.9 Å². The number of benzene rings is 1. The van der Waals surface area contributed by atoms with Crippen LogP contribution in [0.4, 0.5) is 0 Å².